The third-order valence-corrected chi connectivity index (χ3v) is 3.73. The number of ether oxygens (including phenoxy) is 1. The van der Waals surface area contributed by atoms with Gasteiger partial charge in [0.2, 0.25) is 0 Å². The predicted octanol–water partition coefficient (Wildman–Crippen LogP) is 2.67. The van der Waals surface area contributed by atoms with E-state index in [9.17, 15) is 14.9 Å². The second-order valence-corrected chi connectivity index (χ2v) is 5.35. The number of non-ortho nitro benzene ring substituents is 1. The van der Waals surface area contributed by atoms with Crippen LogP contribution in [0.5, 0.6) is 5.75 Å². The lowest BCUT2D eigenvalue weighted by Crippen LogP contribution is -2.33. The van der Waals surface area contributed by atoms with Crippen LogP contribution in [0, 0.1) is 16.0 Å². The molecule has 6 nitrogen and oxygen atoms in total. The first kappa shape index (κ1) is 15.3. The molecule has 114 valence electrons. The van der Waals surface area contributed by atoms with Crippen molar-refractivity contribution < 1.29 is 14.5 Å². The topological polar surface area (TPSA) is 81.5 Å². The number of nitrogens with zero attached hydrogens (tertiary/aromatic N) is 1. The van der Waals surface area contributed by atoms with Crippen LogP contribution >= 0.6 is 0 Å². The van der Waals surface area contributed by atoms with Gasteiger partial charge in [0.15, 0.2) is 6.61 Å². The molecule has 0 saturated heterocycles. The lowest BCUT2D eigenvalue weighted by molar-refractivity contribution is -0.384. The maximum Gasteiger partial charge on any atom is 0.269 e. The predicted molar refractivity (Wildman–Crippen MR) is 78.2 cm³/mol. The van der Waals surface area contributed by atoms with Gasteiger partial charge < -0.3 is 10.1 Å². The highest BCUT2D eigenvalue weighted by atomic mass is 16.6. The maximum atomic E-state index is 11.7. The van der Waals surface area contributed by atoms with Crippen LogP contribution in [0.25, 0.3) is 0 Å². The number of hydrogen-bond donors (Lipinski definition) is 1. The number of benzene rings is 1. The number of nitro groups is 1. The Balaban J connectivity index is 1.69. The number of carbonyl (C=O) groups is 1. The molecular weight excluding hydrogens is 272 g/mol. The summed E-state index contributed by atoms with van der Waals surface area (Å²) >= 11 is 0. The Labute approximate surface area is 123 Å². The highest BCUT2D eigenvalue weighted by molar-refractivity contribution is 5.77. The van der Waals surface area contributed by atoms with Gasteiger partial charge in [-0.15, -0.1) is 0 Å². The number of rotatable bonds is 6. The Morgan fingerprint density at radius 3 is 2.52 bits per heavy atom. The van der Waals surface area contributed by atoms with E-state index in [0.29, 0.717) is 18.2 Å². The second kappa shape index (κ2) is 7.61. The SMILES string of the molecule is O=C(COc1ccc([N+](=O)[O-])cc1)NCC1CCCCC1. The Morgan fingerprint density at radius 1 is 1.24 bits per heavy atom. The van der Waals surface area contributed by atoms with Crippen LogP contribution < -0.4 is 10.1 Å². The van der Waals surface area contributed by atoms with Gasteiger partial charge in [-0.3, -0.25) is 14.9 Å². The zero-order chi connectivity index (χ0) is 15.1. The fourth-order valence-corrected chi connectivity index (χ4v) is 2.51. The average molecular weight is 292 g/mol. The maximum absolute atomic E-state index is 11.7. The summed E-state index contributed by atoms with van der Waals surface area (Å²) in [5, 5.41) is 13.4. The van der Waals surface area contributed by atoms with Crippen molar-refractivity contribution in [1.82, 2.24) is 5.32 Å². The number of hydrogen-bond acceptors (Lipinski definition) is 4. The summed E-state index contributed by atoms with van der Waals surface area (Å²) in [6.45, 7) is 0.646. The van der Waals surface area contributed by atoms with Crippen molar-refractivity contribution in [2.75, 3.05) is 13.2 Å². The Kier molecular flexibility index (Phi) is 5.54. The van der Waals surface area contributed by atoms with Crippen molar-refractivity contribution in [2.45, 2.75) is 32.1 Å². The summed E-state index contributed by atoms with van der Waals surface area (Å²) in [5.41, 5.74) is 0.00380. The minimum Gasteiger partial charge on any atom is -0.484 e. The van der Waals surface area contributed by atoms with Crippen molar-refractivity contribution in [3.05, 3.63) is 34.4 Å². The van der Waals surface area contributed by atoms with Gasteiger partial charge in [-0.05, 0) is 30.9 Å². The lowest BCUT2D eigenvalue weighted by Gasteiger charge is -2.21. The summed E-state index contributed by atoms with van der Waals surface area (Å²) in [6.07, 6.45) is 6.17. The zero-order valence-electron chi connectivity index (χ0n) is 11.9. The van der Waals surface area contributed by atoms with Crippen molar-refractivity contribution >= 4 is 11.6 Å². The Bertz CT molecular complexity index is 481. The molecule has 0 atom stereocenters. The van der Waals surface area contributed by atoms with Crippen molar-refractivity contribution in [2.24, 2.45) is 5.92 Å². The first-order chi connectivity index (χ1) is 10.1. The second-order valence-electron chi connectivity index (χ2n) is 5.35. The normalized spacial score (nSPS) is 15.4. The quantitative estimate of drug-likeness (QED) is 0.645. The largest absolute Gasteiger partial charge is 0.484 e. The number of nitro benzene ring substituents is 1. The van der Waals surface area contributed by atoms with Crippen LogP contribution in [0.4, 0.5) is 5.69 Å². The summed E-state index contributed by atoms with van der Waals surface area (Å²) in [4.78, 5) is 21.7. The molecule has 21 heavy (non-hydrogen) atoms. The molecule has 0 aromatic heterocycles. The molecule has 1 aliphatic rings. The molecule has 0 bridgehead atoms. The molecule has 1 saturated carbocycles. The van der Waals surface area contributed by atoms with Gasteiger partial charge in [0.1, 0.15) is 5.75 Å². The first-order valence-electron chi connectivity index (χ1n) is 7.29. The van der Waals surface area contributed by atoms with Crippen LogP contribution in [0.1, 0.15) is 32.1 Å². The molecule has 1 aliphatic carbocycles. The number of amides is 1. The van der Waals surface area contributed by atoms with Crippen LogP contribution in [0.15, 0.2) is 24.3 Å². The van der Waals surface area contributed by atoms with E-state index < -0.39 is 4.92 Å². The highest BCUT2D eigenvalue weighted by Gasteiger charge is 2.14. The van der Waals surface area contributed by atoms with Gasteiger partial charge in [0.25, 0.3) is 11.6 Å². The van der Waals surface area contributed by atoms with Crippen molar-refractivity contribution in [1.29, 1.82) is 0 Å². The summed E-state index contributed by atoms with van der Waals surface area (Å²) in [6, 6.07) is 5.70. The molecule has 2 rings (SSSR count). The Morgan fingerprint density at radius 2 is 1.90 bits per heavy atom. The lowest BCUT2D eigenvalue weighted by atomic mass is 9.89. The molecular formula is C15H20N2O4. The van der Waals surface area contributed by atoms with Crippen LogP contribution in [-0.4, -0.2) is 24.0 Å². The molecule has 6 heteroatoms. The smallest absolute Gasteiger partial charge is 0.269 e. The monoisotopic (exact) mass is 292 g/mol. The van der Waals surface area contributed by atoms with Gasteiger partial charge in [0, 0.05) is 18.7 Å². The van der Waals surface area contributed by atoms with E-state index in [1.54, 1.807) is 0 Å². The van der Waals surface area contributed by atoms with Crippen LogP contribution in [0.3, 0.4) is 0 Å². The standard InChI is InChI=1S/C15H20N2O4/c18-15(16-10-12-4-2-1-3-5-12)11-21-14-8-6-13(7-9-14)17(19)20/h6-9,12H,1-5,10-11H2,(H,16,18). The molecule has 0 unspecified atom stereocenters. The van der Waals surface area contributed by atoms with Gasteiger partial charge in [-0.2, -0.15) is 0 Å². The molecule has 1 aromatic rings. The molecule has 1 N–H and O–H groups in total. The molecule has 0 radical (unpaired) electrons. The molecule has 0 spiro atoms. The minimum absolute atomic E-state index is 0.00380. The van der Waals surface area contributed by atoms with E-state index >= 15 is 0 Å². The zero-order valence-corrected chi connectivity index (χ0v) is 11.9. The summed E-state index contributed by atoms with van der Waals surface area (Å²) < 4.78 is 5.31. The molecule has 0 aliphatic heterocycles. The number of carbonyl (C=O) groups excluding carboxylic acids is 1. The summed E-state index contributed by atoms with van der Waals surface area (Å²) in [7, 11) is 0. The molecule has 1 amide bonds. The third-order valence-electron chi connectivity index (χ3n) is 3.73. The van der Waals surface area contributed by atoms with E-state index in [1.807, 2.05) is 0 Å². The first-order valence-corrected chi connectivity index (χ1v) is 7.29. The fraction of sp³-hybridized carbons (Fsp3) is 0.533. The average Bonchev–Trinajstić information content (AvgIpc) is 2.52. The van der Waals surface area contributed by atoms with Crippen LogP contribution in [-0.2, 0) is 4.79 Å². The summed E-state index contributed by atoms with van der Waals surface area (Å²) in [5.74, 6) is 0.884. The van der Waals surface area contributed by atoms with E-state index in [0.717, 1.165) is 0 Å². The van der Waals surface area contributed by atoms with E-state index in [2.05, 4.69) is 5.32 Å². The van der Waals surface area contributed by atoms with E-state index in [1.165, 1.54) is 56.4 Å². The van der Waals surface area contributed by atoms with Gasteiger partial charge in [-0.1, -0.05) is 19.3 Å². The minimum atomic E-state index is -0.472. The van der Waals surface area contributed by atoms with Crippen molar-refractivity contribution in [3.63, 3.8) is 0 Å². The third kappa shape index (κ3) is 5.06. The van der Waals surface area contributed by atoms with E-state index in [-0.39, 0.29) is 18.2 Å². The fourth-order valence-electron chi connectivity index (χ4n) is 2.51. The van der Waals surface area contributed by atoms with E-state index in [4.69, 9.17) is 4.74 Å². The number of nitrogens with one attached hydrogen (secondary N) is 1. The van der Waals surface area contributed by atoms with Gasteiger partial charge in [-0.25, -0.2) is 0 Å². The molecule has 1 fully saturated rings. The Hall–Kier alpha value is -2.11. The molecule has 0 heterocycles. The molecule has 1 aromatic carbocycles. The van der Waals surface area contributed by atoms with Gasteiger partial charge in [0.05, 0.1) is 4.92 Å². The van der Waals surface area contributed by atoms with Crippen molar-refractivity contribution in [3.8, 4) is 5.75 Å². The van der Waals surface area contributed by atoms with Gasteiger partial charge >= 0.3 is 0 Å². The highest BCUT2D eigenvalue weighted by Crippen LogP contribution is 2.22. The van der Waals surface area contributed by atoms with Crippen LogP contribution in [0.2, 0.25) is 0 Å².